The quantitative estimate of drug-likeness (QED) is 0.514. The number of aryl methyl sites for hydroxylation is 1. The van der Waals surface area contributed by atoms with Crippen molar-refractivity contribution in [3.05, 3.63) is 53.5 Å². The van der Waals surface area contributed by atoms with E-state index in [2.05, 4.69) is 30.2 Å². The average Bonchev–Trinajstić information content (AvgIpc) is 3.60. The Balaban J connectivity index is 1.20. The third-order valence-corrected chi connectivity index (χ3v) is 6.15. The Morgan fingerprint density at radius 3 is 2.77 bits per heavy atom. The van der Waals surface area contributed by atoms with Crippen LogP contribution >= 0.6 is 11.3 Å². The number of carbonyl (C=O) groups is 1. The van der Waals surface area contributed by atoms with E-state index in [1.165, 1.54) is 0 Å². The van der Waals surface area contributed by atoms with Gasteiger partial charge in [0, 0.05) is 44.4 Å². The van der Waals surface area contributed by atoms with Crippen LogP contribution in [0.15, 0.2) is 46.4 Å². The lowest BCUT2D eigenvalue weighted by Gasteiger charge is -2.35. The summed E-state index contributed by atoms with van der Waals surface area (Å²) in [6, 6.07) is 9.70. The van der Waals surface area contributed by atoms with Gasteiger partial charge in [0.2, 0.25) is 11.7 Å². The first-order chi connectivity index (χ1) is 15.2. The summed E-state index contributed by atoms with van der Waals surface area (Å²) in [5.74, 6) is 1.98. The van der Waals surface area contributed by atoms with Crippen LogP contribution in [0.4, 0.5) is 5.82 Å². The monoisotopic (exact) mass is 435 g/mol. The normalized spacial score (nSPS) is 14.2. The number of rotatable bonds is 5. The Hall–Kier alpha value is -3.53. The molecule has 0 unspecified atom stereocenters. The molecule has 4 aromatic rings. The fourth-order valence-electron chi connectivity index (χ4n) is 3.51. The Morgan fingerprint density at radius 1 is 1.23 bits per heavy atom. The number of amides is 1. The van der Waals surface area contributed by atoms with E-state index in [1.807, 2.05) is 47.5 Å². The molecule has 1 aliphatic rings. The molecule has 158 valence electrons. The number of nitrogens with one attached hydrogen (secondary N) is 1. The van der Waals surface area contributed by atoms with E-state index in [1.54, 1.807) is 17.5 Å². The Labute approximate surface area is 182 Å². The molecule has 5 rings (SSSR count). The van der Waals surface area contributed by atoms with Crippen LogP contribution in [0.2, 0.25) is 0 Å². The van der Waals surface area contributed by atoms with Gasteiger partial charge in [-0.3, -0.25) is 9.89 Å². The number of hydrogen-bond acceptors (Lipinski definition) is 8. The highest BCUT2D eigenvalue weighted by Crippen LogP contribution is 2.24. The summed E-state index contributed by atoms with van der Waals surface area (Å²) < 4.78 is 5.16. The molecule has 10 heteroatoms. The van der Waals surface area contributed by atoms with Crippen molar-refractivity contribution in [2.45, 2.75) is 13.3 Å². The highest BCUT2D eigenvalue weighted by atomic mass is 32.1. The lowest BCUT2D eigenvalue weighted by atomic mass is 10.2. The number of anilines is 1. The summed E-state index contributed by atoms with van der Waals surface area (Å²) in [6.45, 7) is 4.63. The minimum absolute atomic E-state index is 0.0501. The second-order valence-corrected chi connectivity index (χ2v) is 8.14. The first-order valence-electron chi connectivity index (χ1n) is 10.1. The molecule has 1 aliphatic heterocycles. The summed E-state index contributed by atoms with van der Waals surface area (Å²) >= 11 is 1.61. The Bertz CT molecular complexity index is 1160. The van der Waals surface area contributed by atoms with E-state index >= 15 is 0 Å². The van der Waals surface area contributed by atoms with Crippen molar-refractivity contribution in [3.63, 3.8) is 0 Å². The first-order valence-corrected chi connectivity index (χ1v) is 11.0. The second-order valence-electron chi connectivity index (χ2n) is 7.19. The molecule has 5 heterocycles. The van der Waals surface area contributed by atoms with Gasteiger partial charge in [-0.15, -0.1) is 11.3 Å². The van der Waals surface area contributed by atoms with E-state index in [0.29, 0.717) is 50.0 Å². The van der Waals surface area contributed by atoms with Crippen LogP contribution in [-0.2, 0) is 6.42 Å². The second kappa shape index (κ2) is 8.31. The maximum atomic E-state index is 12.8. The van der Waals surface area contributed by atoms with Crippen LogP contribution in [0, 0.1) is 0 Å². The van der Waals surface area contributed by atoms with Gasteiger partial charge >= 0.3 is 0 Å². The van der Waals surface area contributed by atoms with Crippen molar-refractivity contribution in [3.8, 4) is 22.0 Å². The zero-order chi connectivity index (χ0) is 21.2. The van der Waals surface area contributed by atoms with Crippen LogP contribution in [0.1, 0.15) is 23.3 Å². The van der Waals surface area contributed by atoms with Crippen LogP contribution in [0.5, 0.6) is 0 Å². The zero-order valence-corrected chi connectivity index (χ0v) is 17.8. The zero-order valence-electron chi connectivity index (χ0n) is 17.0. The molecule has 0 aliphatic carbocycles. The van der Waals surface area contributed by atoms with E-state index < -0.39 is 0 Å². The topological polar surface area (TPSA) is 104 Å². The first kappa shape index (κ1) is 19.4. The summed E-state index contributed by atoms with van der Waals surface area (Å²) in [7, 11) is 0. The number of piperazine rings is 1. The van der Waals surface area contributed by atoms with Gasteiger partial charge < -0.3 is 14.3 Å². The molecule has 1 fully saturated rings. The number of aromatic amines is 1. The largest absolute Gasteiger partial charge is 0.353 e. The van der Waals surface area contributed by atoms with E-state index in [0.717, 1.165) is 22.0 Å². The van der Waals surface area contributed by atoms with E-state index in [9.17, 15) is 4.79 Å². The highest BCUT2D eigenvalue weighted by Gasteiger charge is 2.25. The molecule has 1 N–H and O–H groups in total. The molecule has 9 nitrogen and oxygen atoms in total. The Kier molecular flexibility index (Phi) is 5.21. The maximum Gasteiger partial charge on any atom is 0.274 e. The van der Waals surface area contributed by atoms with Gasteiger partial charge in [0.1, 0.15) is 5.82 Å². The molecule has 0 saturated carbocycles. The van der Waals surface area contributed by atoms with Gasteiger partial charge in [-0.05, 0) is 29.6 Å². The predicted molar refractivity (Wildman–Crippen MR) is 117 cm³/mol. The number of thiophene rings is 1. The number of pyridine rings is 1. The van der Waals surface area contributed by atoms with Crippen molar-refractivity contribution in [2.75, 3.05) is 31.1 Å². The summed E-state index contributed by atoms with van der Waals surface area (Å²) in [5.41, 5.74) is 2.14. The van der Waals surface area contributed by atoms with Gasteiger partial charge in [0.05, 0.1) is 10.6 Å². The van der Waals surface area contributed by atoms with Crippen LogP contribution < -0.4 is 4.90 Å². The van der Waals surface area contributed by atoms with Crippen LogP contribution in [0.25, 0.3) is 22.0 Å². The van der Waals surface area contributed by atoms with Gasteiger partial charge in [-0.25, -0.2) is 4.98 Å². The van der Waals surface area contributed by atoms with Crippen LogP contribution in [0.3, 0.4) is 0 Å². The van der Waals surface area contributed by atoms with Gasteiger partial charge in [-0.1, -0.05) is 18.1 Å². The molecule has 0 radical (unpaired) electrons. The minimum atomic E-state index is -0.0501. The molecule has 1 amide bonds. The van der Waals surface area contributed by atoms with E-state index in [4.69, 9.17) is 4.52 Å². The molecular weight excluding hydrogens is 414 g/mol. The standard InChI is InChI=1S/C21H21N7O2S/c1-2-19-23-20(26-30-19)14-5-6-18(22-13-14)27-7-9-28(10-8-27)21(29)16-12-15(24-25-16)17-4-3-11-31-17/h3-6,11-13H,2,7-10H2,1H3,(H,24,25). The fourth-order valence-corrected chi connectivity index (χ4v) is 4.20. The van der Waals surface area contributed by atoms with Gasteiger partial charge in [0.25, 0.3) is 5.91 Å². The molecule has 0 atom stereocenters. The van der Waals surface area contributed by atoms with Crippen molar-refractivity contribution < 1.29 is 9.32 Å². The number of carbonyl (C=O) groups excluding carboxylic acids is 1. The number of hydrogen-bond donors (Lipinski definition) is 1. The van der Waals surface area contributed by atoms with E-state index in [-0.39, 0.29) is 5.91 Å². The molecule has 31 heavy (non-hydrogen) atoms. The predicted octanol–water partition coefficient (Wildman–Crippen LogP) is 3.11. The van der Waals surface area contributed by atoms with Crippen molar-refractivity contribution in [1.82, 2.24) is 30.2 Å². The summed E-state index contributed by atoms with van der Waals surface area (Å²) in [4.78, 5) is 26.8. The number of H-pyrrole nitrogens is 1. The maximum absolute atomic E-state index is 12.8. The summed E-state index contributed by atoms with van der Waals surface area (Å²) in [5, 5.41) is 13.2. The van der Waals surface area contributed by atoms with Gasteiger partial charge in [-0.2, -0.15) is 10.1 Å². The van der Waals surface area contributed by atoms with Crippen molar-refractivity contribution >= 4 is 23.1 Å². The molecule has 0 aromatic carbocycles. The molecule has 0 bridgehead atoms. The lowest BCUT2D eigenvalue weighted by molar-refractivity contribution is 0.0740. The SMILES string of the molecule is CCc1nc(-c2ccc(N3CCN(C(=O)c4cc(-c5cccs5)[nH]n4)CC3)nc2)no1. The molecule has 1 saturated heterocycles. The summed E-state index contributed by atoms with van der Waals surface area (Å²) in [6.07, 6.45) is 2.46. The average molecular weight is 436 g/mol. The highest BCUT2D eigenvalue weighted by molar-refractivity contribution is 7.13. The lowest BCUT2D eigenvalue weighted by Crippen LogP contribution is -2.49. The third kappa shape index (κ3) is 3.93. The van der Waals surface area contributed by atoms with Crippen molar-refractivity contribution in [2.24, 2.45) is 0 Å². The molecule has 4 aromatic heterocycles. The Morgan fingerprint density at radius 2 is 2.10 bits per heavy atom. The number of nitrogens with zero attached hydrogens (tertiary/aromatic N) is 6. The third-order valence-electron chi connectivity index (χ3n) is 5.25. The van der Waals surface area contributed by atoms with Crippen molar-refractivity contribution in [1.29, 1.82) is 0 Å². The molecular formula is C21H21N7O2S. The fraction of sp³-hybridized carbons (Fsp3) is 0.286. The number of aromatic nitrogens is 5. The minimum Gasteiger partial charge on any atom is -0.353 e. The smallest absolute Gasteiger partial charge is 0.274 e. The molecule has 0 spiro atoms. The van der Waals surface area contributed by atoms with Crippen LogP contribution in [-0.4, -0.2) is 62.3 Å². The van der Waals surface area contributed by atoms with Gasteiger partial charge in [0.15, 0.2) is 5.69 Å².